The van der Waals surface area contributed by atoms with E-state index >= 15 is 0 Å². The van der Waals surface area contributed by atoms with Crippen LogP contribution in [0.5, 0.6) is 0 Å². The number of imide groups is 1. The molecular formula is C5H5NO3S. The number of hydrogen-bond donors (Lipinski definition) is 2. The lowest BCUT2D eigenvalue weighted by Gasteiger charge is -1.88. The van der Waals surface area contributed by atoms with Crippen LogP contribution < -0.4 is 5.32 Å². The highest BCUT2D eigenvalue weighted by molar-refractivity contribution is 8.03. The summed E-state index contributed by atoms with van der Waals surface area (Å²) in [6, 6.07) is 0. The summed E-state index contributed by atoms with van der Waals surface area (Å²) in [5.74, 6) is -1.71. The van der Waals surface area contributed by atoms with Gasteiger partial charge in [0, 0.05) is 0 Å². The molecule has 0 aliphatic carbocycles. The van der Waals surface area contributed by atoms with Crippen LogP contribution in [0, 0.1) is 0 Å². The molecular weight excluding hydrogens is 154 g/mol. The average molecular weight is 159 g/mol. The SMILES string of the molecule is CSC1=C(O)C(=O)NC1=O. The van der Waals surface area contributed by atoms with E-state index in [1.54, 1.807) is 6.26 Å². The van der Waals surface area contributed by atoms with Gasteiger partial charge < -0.3 is 5.11 Å². The Kier molecular flexibility index (Phi) is 1.67. The van der Waals surface area contributed by atoms with Crippen LogP contribution in [0.1, 0.15) is 0 Å². The molecule has 2 N–H and O–H groups in total. The first-order valence-corrected chi connectivity index (χ1v) is 3.72. The zero-order valence-electron chi connectivity index (χ0n) is 5.17. The second-order valence-electron chi connectivity index (χ2n) is 1.67. The average Bonchev–Trinajstić information content (AvgIpc) is 2.09. The van der Waals surface area contributed by atoms with Gasteiger partial charge in [0.2, 0.25) is 5.76 Å². The number of hydrogen-bond acceptors (Lipinski definition) is 4. The van der Waals surface area contributed by atoms with Crippen LogP contribution in [0.25, 0.3) is 0 Å². The maximum atomic E-state index is 10.7. The standard InChI is InChI=1S/C5H5NO3S/c1-10-3-2(7)4(8)6-5(3)9/h1H3,(H2,6,7,8,9). The Morgan fingerprint density at radius 3 is 2.20 bits per heavy atom. The van der Waals surface area contributed by atoms with Gasteiger partial charge in [-0.15, -0.1) is 11.8 Å². The largest absolute Gasteiger partial charge is 0.502 e. The van der Waals surface area contributed by atoms with Gasteiger partial charge in [-0.1, -0.05) is 0 Å². The van der Waals surface area contributed by atoms with Crippen molar-refractivity contribution >= 4 is 23.6 Å². The minimum absolute atomic E-state index is 0.0880. The molecule has 1 heterocycles. The molecule has 0 saturated carbocycles. The van der Waals surface area contributed by atoms with Gasteiger partial charge in [-0.3, -0.25) is 14.9 Å². The molecule has 1 rings (SSSR count). The van der Waals surface area contributed by atoms with Crippen molar-refractivity contribution in [2.75, 3.05) is 6.26 Å². The second kappa shape index (κ2) is 2.34. The molecule has 0 atom stereocenters. The summed E-state index contributed by atoms with van der Waals surface area (Å²) in [6.45, 7) is 0. The predicted octanol–water partition coefficient (Wildman–Crippen LogP) is -0.225. The minimum atomic E-state index is -0.714. The molecule has 1 aliphatic heterocycles. The first-order chi connectivity index (χ1) is 4.66. The van der Waals surface area contributed by atoms with Crippen molar-refractivity contribution < 1.29 is 14.7 Å². The molecule has 4 nitrogen and oxygen atoms in total. The molecule has 0 fully saturated rings. The number of amides is 2. The number of carbonyl (C=O) groups excluding carboxylic acids is 2. The lowest BCUT2D eigenvalue weighted by Crippen LogP contribution is -2.22. The third-order valence-corrected chi connectivity index (χ3v) is 1.85. The monoisotopic (exact) mass is 159 g/mol. The summed E-state index contributed by atoms with van der Waals surface area (Å²) in [5.41, 5.74) is 0. The Labute approximate surface area is 61.3 Å². The van der Waals surface area contributed by atoms with Gasteiger partial charge in [-0.25, -0.2) is 0 Å². The number of aliphatic hydroxyl groups excluding tert-OH is 1. The maximum Gasteiger partial charge on any atom is 0.294 e. The third kappa shape index (κ3) is 0.881. The smallest absolute Gasteiger partial charge is 0.294 e. The molecule has 1 aliphatic rings. The van der Waals surface area contributed by atoms with Crippen molar-refractivity contribution in [3.8, 4) is 0 Å². The number of aliphatic hydroxyl groups is 1. The number of rotatable bonds is 1. The van der Waals surface area contributed by atoms with Crippen molar-refractivity contribution in [2.45, 2.75) is 0 Å². The Balaban J connectivity index is 3.01. The molecule has 5 heteroatoms. The van der Waals surface area contributed by atoms with Crippen LogP contribution in [-0.4, -0.2) is 23.2 Å². The first kappa shape index (κ1) is 7.14. The van der Waals surface area contributed by atoms with Crippen LogP contribution >= 0.6 is 11.8 Å². The van der Waals surface area contributed by atoms with Crippen LogP contribution in [0.3, 0.4) is 0 Å². The topological polar surface area (TPSA) is 66.4 Å². The van der Waals surface area contributed by atoms with Gasteiger partial charge in [0.15, 0.2) is 0 Å². The van der Waals surface area contributed by atoms with E-state index in [0.29, 0.717) is 0 Å². The Morgan fingerprint density at radius 2 is 2.00 bits per heavy atom. The molecule has 0 bridgehead atoms. The van der Waals surface area contributed by atoms with E-state index in [-0.39, 0.29) is 4.91 Å². The summed E-state index contributed by atoms with van der Waals surface area (Å²) in [6.07, 6.45) is 1.61. The third-order valence-electron chi connectivity index (χ3n) is 1.07. The minimum Gasteiger partial charge on any atom is -0.502 e. The van der Waals surface area contributed by atoms with Crippen LogP contribution in [-0.2, 0) is 9.59 Å². The molecule has 0 radical (unpaired) electrons. The van der Waals surface area contributed by atoms with Gasteiger partial charge in [-0.05, 0) is 6.26 Å². The van der Waals surface area contributed by atoms with E-state index in [2.05, 4.69) is 0 Å². The molecule has 2 amide bonds. The van der Waals surface area contributed by atoms with Crippen molar-refractivity contribution in [1.29, 1.82) is 0 Å². The maximum absolute atomic E-state index is 10.7. The molecule has 0 aromatic carbocycles. The predicted molar refractivity (Wildman–Crippen MR) is 36.3 cm³/mol. The summed E-state index contributed by atoms with van der Waals surface area (Å²) < 4.78 is 0. The summed E-state index contributed by atoms with van der Waals surface area (Å²) in [4.78, 5) is 21.2. The van der Waals surface area contributed by atoms with Crippen molar-refractivity contribution in [1.82, 2.24) is 5.32 Å². The molecule has 10 heavy (non-hydrogen) atoms. The fourth-order valence-corrected chi connectivity index (χ4v) is 1.14. The van der Waals surface area contributed by atoms with E-state index in [4.69, 9.17) is 5.11 Å². The van der Waals surface area contributed by atoms with Gasteiger partial charge >= 0.3 is 0 Å². The van der Waals surface area contributed by atoms with Gasteiger partial charge in [0.1, 0.15) is 4.91 Å². The number of carbonyl (C=O) groups is 2. The van der Waals surface area contributed by atoms with Gasteiger partial charge in [0.05, 0.1) is 0 Å². The highest BCUT2D eigenvalue weighted by atomic mass is 32.2. The van der Waals surface area contributed by atoms with E-state index < -0.39 is 17.6 Å². The fraction of sp³-hybridized carbons (Fsp3) is 0.200. The van der Waals surface area contributed by atoms with Gasteiger partial charge in [0.25, 0.3) is 11.8 Å². The second-order valence-corrected chi connectivity index (χ2v) is 2.48. The van der Waals surface area contributed by atoms with Crippen molar-refractivity contribution in [3.05, 3.63) is 10.7 Å². The lowest BCUT2D eigenvalue weighted by molar-refractivity contribution is -0.124. The summed E-state index contributed by atoms with van der Waals surface area (Å²) >= 11 is 1.05. The highest BCUT2D eigenvalue weighted by Crippen LogP contribution is 2.19. The molecule has 0 saturated heterocycles. The van der Waals surface area contributed by atoms with Crippen molar-refractivity contribution in [2.24, 2.45) is 0 Å². The summed E-state index contributed by atoms with van der Waals surface area (Å²) in [7, 11) is 0. The normalized spacial score (nSPS) is 18.1. The van der Waals surface area contributed by atoms with E-state index in [9.17, 15) is 9.59 Å². The van der Waals surface area contributed by atoms with Crippen LogP contribution in [0.4, 0.5) is 0 Å². The van der Waals surface area contributed by atoms with Crippen LogP contribution in [0.15, 0.2) is 10.7 Å². The van der Waals surface area contributed by atoms with Gasteiger partial charge in [-0.2, -0.15) is 0 Å². The molecule has 0 unspecified atom stereocenters. The molecule has 0 aromatic rings. The first-order valence-electron chi connectivity index (χ1n) is 2.49. The molecule has 0 spiro atoms. The van der Waals surface area contributed by atoms with Crippen molar-refractivity contribution in [3.63, 3.8) is 0 Å². The highest BCUT2D eigenvalue weighted by Gasteiger charge is 2.28. The van der Waals surface area contributed by atoms with E-state index in [1.807, 2.05) is 5.32 Å². The Bertz CT molecular complexity index is 233. The number of nitrogens with one attached hydrogen (secondary N) is 1. The molecule has 54 valence electrons. The fourth-order valence-electron chi connectivity index (χ4n) is 0.619. The zero-order valence-corrected chi connectivity index (χ0v) is 5.99. The van der Waals surface area contributed by atoms with E-state index in [0.717, 1.165) is 11.8 Å². The summed E-state index contributed by atoms with van der Waals surface area (Å²) in [5, 5.41) is 10.8. The quantitative estimate of drug-likeness (QED) is 0.519. The Hall–Kier alpha value is -0.970. The van der Waals surface area contributed by atoms with E-state index in [1.165, 1.54) is 0 Å². The Morgan fingerprint density at radius 1 is 1.40 bits per heavy atom. The lowest BCUT2D eigenvalue weighted by atomic mass is 10.5. The zero-order chi connectivity index (χ0) is 7.72. The molecule has 0 aromatic heterocycles. The van der Waals surface area contributed by atoms with Crippen LogP contribution in [0.2, 0.25) is 0 Å². The number of thioether (sulfide) groups is 1.